The average Bonchev–Trinajstić information content (AvgIpc) is 2.29. The second-order valence-corrected chi connectivity index (χ2v) is 3.82. The van der Waals surface area contributed by atoms with Gasteiger partial charge in [-0.05, 0) is 30.5 Å². The van der Waals surface area contributed by atoms with Crippen LogP contribution in [0.1, 0.15) is 24.5 Å². The molecule has 0 aliphatic heterocycles. The molecule has 1 amide bonds. The van der Waals surface area contributed by atoms with Gasteiger partial charge in [0.25, 0.3) is 0 Å². The molecule has 1 aromatic carbocycles. The Morgan fingerprint density at radius 3 is 2.71 bits per heavy atom. The monoisotopic (exact) mass is 260 g/mol. The number of nitrogens with one attached hydrogen (secondary N) is 1. The van der Waals surface area contributed by atoms with Gasteiger partial charge >= 0.3 is 0 Å². The minimum Gasteiger partial charge on any atom is -0.351 e. The highest BCUT2D eigenvalue weighted by Crippen LogP contribution is 2.08. The summed E-state index contributed by atoms with van der Waals surface area (Å²) < 4.78 is 13.2. The molecule has 3 N–H and O–H groups in total. The minimum atomic E-state index is -0.490. The zero-order valence-corrected chi connectivity index (χ0v) is 10.8. The number of nitrogens with two attached hydrogens (primary N) is 1. The van der Waals surface area contributed by atoms with Crippen LogP contribution < -0.4 is 11.1 Å². The molecule has 0 fully saturated rings. The number of carbonyl (C=O) groups excluding carboxylic acids is 1. The summed E-state index contributed by atoms with van der Waals surface area (Å²) in [5, 5.41) is 2.67. The van der Waals surface area contributed by atoms with E-state index in [9.17, 15) is 9.18 Å². The fourth-order valence-corrected chi connectivity index (χ4v) is 1.25. The highest BCUT2D eigenvalue weighted by Gasteiger charge is 2.10. The summed E-state index contributed by atoms with van der Waals surface area (Å²) >= 11 is 0. The molecule has 0 aromatic heterocycles. The first-order chi connectivity index (χ1) is 7.54. The summed E-state index contributed by atoms with van der Waals surface area (Å²) in [6, 6.07) is 4.41. The zero-order valence-electron chi connectivity index (χ0n) is 10.00. The molecule has 0 radical (unpaired) electrons. The molecule has 3 nitrogen and oxygen atoms in total. The molecule has 5 heteroatoms. The quantitative estimate of drug-likeness (QED) is 0.869. The Bertz CT molecular complexity index is 385. The molecule has 0 aliphatic carbocycles. The number of rotatable bonds is 4. The van der Waals surface area contributed by atoms with Crippen molar-refractivity contribution in [1.29, 1.82) is 0 Å². The van der Waals surface area contributed by atoms with Crippen LogP contribution in [0.25, 0.3) is 0 Å². The Morgan fingerprint density at radius 2 is 2.18 bits per heavy atom. The van der Waals surface area contributed by atoms with Gasteiger partial charge in [0.15, 0.2) is 0 Å². The number of halogens is 2. The summed E-state index contributed by atoms with van der Waals surface area (Å²) in [5.41, 5.74) is 6.88. The van der Waals surface area contributed by atoms with Gasteiger partial charge in [0, 0.05) is 6.54 Å². The predicted octanol–water partition coefficient (Wildman–Crippen LogP) is 1.91. The van der Waals surface area contributed by atoms with Crippen molar-refractivity contribution in [3.8, 4) is 0 Å². The fourth-order valence-electron chi connectivity index (χ4n) is 1.25. The topological polar surface area (TPSA) is 55.1 Å². The molecular weight excluding hydrogens is 243 g/mol. The van der Waals surface area contributed by atoms with E-state index in [-0.39, 0.29) is 24.1 Å². The summed E-state index contributed by atoms with van der Waals surface area (Å²) in [5.74, 6) is -0.463. The lowest BCUT2D eigenvalue weighted by Gasteiger charge is -2.10. The third-order valence-electron chi connectivity index (χ3n) is 2.48. The molecule has 0 saturated heterocycles. The lowest BCUT2D eigenvalue weighted by molar-refractivity contribution is -0.122. The first-order valence-corrected chi connectivity index (χ1v) is 5.33. The Balaban J connectivity index is 0.00000256. The summed E-state index contributed by atoms with van der Waals surface area (Å²) in [4.78, 5) is 11.4. The van der Waals surface area contributed by atoms with Gasteiger partial charge in [-0.2, -0.15) is 0 Å². The largest absolute Gasteiger partial charge is 0.351 e. The van der Waals surface area contributed by atoms with Gasteiger partial charge in [-0.1, -0.05) is 19.1 Å². The number of benzene rings is 1. The van der Waals surface area contributed by atoms with Crippen molar-refractivity contribution >= 4 is 18.3 Å². The number of aryl methyl sites for hydroxylation is 1. The number of amides is 1. The smallest absolute Gasteiger partial charge is 0.237 e. The van der Waals surface area contributed by atoms with Crippen LogP contribution in [0.2, 0.25) is 0 Å². The van der Waals surface area contributed by atoms with E-state index in [1.54, 1.807) is 19.1 Å². The Hall–Kier alpha value is -1.13. The molecule has 17 heavy (non-hydrogen) atoms. The van der Waals surface area contributed by atoms with Gasteiger partial charge in [-0.3, -0.25) is 4.79 Å². The van der Waals surface area contributed by atoms with Crippen LogP contribution in [0.4, 0.5) is 4.39 Å². The van der Waals surface area contributed by atoms with Crippen molar-refractivity contribution in [2.75, 3.05) is 0 Å². The maximum atomic E-state index is 13.2. The lowest BCUT2D eigenvalue weighted by Crippen LogP contribution is -2.39. The molecular formula is C12H18ClFN2O. The van der Waals surface area contributed by atoms with E-state index in [1.807, 2.05) is 6.92 Å². The minimum absolute atomic E-state index is 0. The number of hydrogen-bond donors (Lipinski definition) is 2. The van der Waals surface area contributed by atoms with Crippen molar-refractivity contribution in [1.82, 2.24) is 5.32 Å². The maximum absolute atomic E-state index is 13.2. The van der Waals surface area contributed by atoms with Gasteiger partial charge in [-0.15, -0.1) is 12.4 Å². The van der Waals surface area contributed by atoms with Gasteiger partial charge in [0.1, 0.15) is 5.82 Å². The van der Waals surface area contributed by atoms with Gasteiger partial charge < -0.3 is 11.1 Å². The SMILES string of the molecule is CC[C@H](N)C(=O)NCc1ccc(C)c(F)c1.Cl. The first-order valence-electron chi connectivity index (χ1n) is 5.33. The van der Waals surface area contributed by atoms with E-state index in [0.717, 1.165) is 5.56 Å². The Labute approximate surface area is 107 Å². The molecule has 0 spiro atoms. The second kappa shape index (κ2) is 7.25. The fraction of sp³-hybridized carbons (Fsp3) is 0.417. The molecule has 96 valence electrons. The standard InChI is InChI=1S/C12H17FN2O.ClH/c1-3-11(14)12(16)15-7-9-5-4-8(2)10(13)6-9;/h4-6,11H,3,7,14H2,1-2H3,(H,15,16);1H/t11-;/m0./s1. The molecule has 0 bridgehead atoms. The van der Waals surface area contributed by atoms with Crippen LogP contribution in [0, 0.1) is 12.7 Å². The summed E-state index contributed by atoms with van der Waals surface area (Å²) in [6.45, 7) is 3.85. The molecule has 0 heterocycles. The van der Waals surface area contributed by atoms with Crippen molar-refractivity contribution < 1.29 is 9.18 Å². The van der Waals surface area contributed by atoms with E-state index in [1.165, 1.54) is 6.07 Å². The van der Waals surface area contributed by atoms with Crippen LogP contribution in [-0.4, -0.2) is 11.9 Å². The normalized spacial score (nSPS) is 11.5. The van der Waals surface area contributed by atoms with Gasteiger partial charge in [-0.25, -0.2) is 4.39 Å². The van der Waals surface area contributed by atoms with E-state index < -0.39 is 6.04 Å². The maximum Gasteiger partial charge on any atom is 0.237 e. The summed E-state index contributed by atoms with van der Waals surface area (Å²) in [6.07, 6.45) is 0.591. The van der Waals surface area contributed by atoms with E-state index in [0.29, 0.717) is 18.5 Å². The third-order valence-corrected chi connectivity index (χ3v) is 2.48. The van der Waals surface area contributed by atoms with Crippen molar-refractivity contribution in [2.45, 2.75) is 32.9 Å². The van der Waals surface area contributed by atoms with Crippen molar-refractivity contribution in [3.63, 3.8) is 0 Å². The second-order valence-electron chi connectivity index (χ2n) is 3.82. The zero-order chi connectivity index (χ0) is 12.1. The molecule has 1 rings (SSSR count). The molecule has 0 aliphatic rings. The van der Waals surface area contributed by atoms with E-state index >= 15 is 0 Å². The van der Waals surface area contributed by atoms with E-state index in [4.69, 9.17) is 5.73 Å². The first kappa shape index (κ1) is 15.9. The number of carbonyl (C=O) groups is 1. The average molecular weight is 261 g/mol. The van der Waals surface area contributed by atoms with Crippen LogP contribution in [0.3, 0.4) is 0 Å². The van der Waals surface area contributed by atoms with Crippen LogP contribution in [-0.2, 0) is 11.3 Å². The third kappa shape index (κ3) is 4.71. The highest BCUT2D eigenvalue weighted by atomic mass is 35.5. The van der Waals surface area contributed by atoms with Gasteiger partial charge in [0.2, 0.25) is 5.91 Å². The lowest BCUT2D eigenvalue weighted by atomic mass is 10.1. The Morgan fingerprint density at radius 1 is 1.53 bits per heavy atom. The van der Waals surface area contributed by atoms with E-state index in [2.05, 4.69) is 5.32 Å². The van der Waals surface area contributed by atoms with Gasteiger partial charge in [0.05, 0.1) is 6.04 Å². The molecule has 0 saturated carbocycles. The van der Waals surface area contributed by atoms with Crippen molar-refractivity contribution in [2.24, 2.45) is 5.73 Å². The van der Waals surface area contributed by atoms with Crippen LogP contribution in [0.5, 0.6) is 0 Å². The predicted molar refractivity (Wildman–Crippen MR) is 68.5 cm³/mol. The summed E-state index contributed by atoms with van der Waals surface area (Å²) in [7, 11) is 0. The Kier molecular flexibility index (Phi) is 6.76. The molecule has 1 atom stereocenters. The van der Waals surface area contributed by atoms with Crippen LogP contribution in [0.15, 0.2) is 18.2 Å². The highest BCUT2D eigenvalue weighted by molar-refractivity contribution is 5.85. The van der Waals surface area contributed by atoms with Crippen molar-refractivity contribution in [3.05, 3.63) is 35.1 Å². The van der Waals surface area contributed by atoms with Crippen LogP contribution >= 0.6 is 12.4 Å². The molecule has 1 aromatic rings. The number of hydrogen-bond acceptors (Lipinski definition) is 2. The molecule has 0 unspecified atom stereocenters.